The van der Waals surface area contributed by atoms with E-state index in [0.717, 1.165) is 42.8 Å². The summed E-state index contributed by atoms with van der Waals surface area (Å²) in [6, 6.07) is 12.1. The highest BCUT2D eigenvalue weighted by Gasteiger charge is 2.19. The van der Waals surface area contributed by atoms with Gasteiger partial charge in [0, 0.05) is 12.6 Å². The third-order valence-corrected chi connectivity index (χ3v) is 4.27. The number of piperidine rings is 1. The van der Waals surface area contributed by atoms with Crippen LogP contribution in [-0.2, 0) is 0 Å². The summed E-state index contributed by atoms with van der Waals surface area (Å²) in [6.45, 7) is 1.70. The zero-order valence-corrected chi connectivity index (χ0v) is 14.9. The predicted molar refractivity (Wildman–Crippen MR) is 99.0 cm³/mol. The molecule has 0 unspecified atom stereocenters. The van der Waals surface area contributed by atoms with E-state index in [0.29, 0.717) is 0 Å². The first kappa shape index (κ1) is 19.2. The second-order valence-corrected chi connectivity index (χ2v) is 5.94. The van der Waals surface area contributed by atoms with E-state index in [2.05, 4.69) is 10.6 Å². The van der Waals surface area contributed by atoms with Gasteiger partial charge in [0.2, 0.25) is 0 Å². The highest BCUT2D eigenvalue weighted by Crippen LogP contribution is 2.24. The molecular weight excluding hydrogens is 343 g/mol. The molecule has 0 aliphatic carbocycles. The molecule has 0 radical (unpaired) electrons. The summed E-state index contributed by atoms with van der Waals surface area (Å²) >= 11 is 0. The first-order valence-electron chi connectivity index (χ1n) is 8.13. The Balaban J connectivity index is 0.00000225. The summed E-state index contributed by atoms with van der Waals surface area (Å²) in [5.41, 5.74) is 1.68. The topological polar surface area (TPSA) is 50.4 Å². The van der Waals surface area contributed by atoms with Crippen LogP contribution in [0.4, 0.5) is 4.39 Å². The first-order valence-corrected chi connectivity index (χ1v) is 8.13. The van der Waals surface area contributed by atoms with Crippen LogP contribution < -0.4 is 15.4 Å². The minimum absolute atomic E-state index is 0. The molecule has 25 heavy (non-hydrogen) atoms. The van der Waals surface area contributed by atoms with Crippen LogP contribution >= 0.6 is 12.4 Å². The third-order valence-electron chi connectivity index (χ3n) is 4.27. The molecule has 1 amide bonds. The van der Waals surface area contributed by atoms with Gasteiger partial charge in [0.05, 0.1) is 12.7 Å². The molecule has 134 valence electrons. The lowest BCUT2D eigenvalue weighted by atomic mass is 10.0. The quantitative estimate of drug-likeness (QED) is 0.874. The van der Waals surface area contributed by atoms with E-state index in [4.69, 9.17) is 4.74 Å². The fourth-order valence-corrected chi connectivity index (χ4v) is 2.90. The van der Waals surface area contributed by atoms with Crippen LogP contribution in [0.15, 0.2) is 42.5 Å². The maximum absolute atomic E-state index is 14.4. The van der Waals surface area contributed by atoms with Gasteiger partial charge in [0.25, 0.3) is 5.91 Å². The molecular formula is C19H22ClFN2O2. The van der Waals surface area contributed by atoms with E-state index in [1.165, 1.54) is 6.07 Å². The number of carbonyl (C=O) groups is 1. The van der Waals surface area contributed by atoms with Gasteiger partial charge in [0.1, 0.15) is 11.6 Å². The van der Waals surface area contributed by atoms with Crippen LogP contribution in [0.2, 0.25) is 0 Å². The monoisotopic (exact) mass is 364 g/mol. The molecule has 1 aliphatic heterocycles. The van der Waals surface area contributed by atoms with E-state index < -0.39 is 5.82 Å². The van der Waals surface area contributed by atoms with Gasteiger partial charge in [0.15, 0.2) is 0 Å². The Hall–Kier alpha value is -2.11. The van der Waals surface area contributed by atoms with Crippen molar-refractivity contribution >= 4 is 18.3 Å². The van der Waals surface area contributed by atoms with Crippen molar-refractivity contribution in [2.75, 3.05) is 20.2 Å². The normalized spacial score (nSPS) is 16.6. The smallest absolute Gasteiger partial charge is 0.254 e. The van der Waals surface area contributed by atoms with Gasteiger partial charge in [-0.2, -0.15) is 0 Å². The Bertz CT molecular complexity index is 716. The molecule has 2 N–H and O–H groups in total. The molecule has 4 nitrogen and oxygen atoms in total. The molecule has 6 heteroatoms. The molecule has 1 atom stereocenters. The lowest BCUT2D eigenvalue weighted by Gasteiger charge is -2.23. The van der Waals surface area contributed by atoms with Gasteiger partial charge >= 0.3 is 0 Å². The van der Waals surface area contributed by atoms with Gasteiger partial charge in [-0.15, -0.1) is 12.4 Å². The fourth-order valence-electron chi connectivity index (χ4n) is 2.90. The Morgan fingerprint density at radius 3 is 2.52 bits per heavy atom. The maximum Gasteiger partial charge on any atom is 0.254 e. The Morgan fingerprint density at radius 1 is 1.20 bits per heavy atom. The molecule has 2 aromatic rings. The van der Waals surface area contributed by atoms with Crippen molar-refractivity contribution in [1.82, 2.24) is 10.6 Å². The SMILES string of the molecule is COc1ccc(-c2ccc(C(=O)N[C@H]3CCCNC3)c(F)c2)cc1.Cl. The summed E-state index contributed by atoms with van der Waals surface area (Å²) < 4.78 is 19.5. The molecule has 2 aromatic carbocycles. The van der Waals surface area contributed by atoms with Crippen LogP contribution in [0, 0.1) is 5.82 Å². The van der Waals surface area contributed by atoms with Gasteiger partial charge in [-0.3, -0.25) is 4.79 Å². The first-order chi connectivity index (χ1) is 11.7. The highest BCUT2D eigenvalue weighted by molar-refractivity contribution is 5.95. The predicted octanol–water partition coefficient (Wildman–Crippen LogP) is 3.40. The van der Waals surface area contributed by atoms with Crippen LogP contribution in [0.1, 0.15) is 23.2 Å². The number of methoxy groups -OCH3 is 1. The number of halogens is 2. The molecule has 1 aliphatic rings. The van der Waals surface area contributed by atoms with Gasteiger partial charge in [-0.1, -0.05) is 18.2 Å². The Labute approximate surface area is 153 Å². The van der Waals surface area contributed by atoms with Crippen molar-refractivity contribution in [2.24, 2.45) is 0 Å². The highest BCUT2D eigenvalue weighted by atomic mass is 35.5. The number of hydrogen-bond donors (Lipinski definition) is 2. The Morgan fingerprint density at radius 2 is 1.92 bits per heavy atom. The van der Waals surface area contributed by atoms with Crippen molar-refractivity contribution in [2.45, 2.75) is 18.9 Å². The average molecular weight is 365 g/mol. The van der Waals surface area contributed by atoms with E-state index in [-0.39, 0.29) is 29.9 Å². The number of benzene rings is 2. The number of nitrogens with one attached hydrogen (secondary N) is 2. The minimum Gasteiger partial charge on any atom is -0.497 e. The molecule has 1 heterocycles. The molecule has 1 saturated heterocycles. The van der Waals surface area contributed by atoms with Crippen LogP contribution in [0.25, 0.3) is 11.1 Å². The van der Waals surface area contributed by atoms with E-state index in [9.17, 15) is 9.18 Å². The summed E-state index contributed by atoms with van der Waals surface area (Å²) in [5, 5.41) is 6.12. The minimum atomic E-state index is -0.510. The molecule has 0 bridgehead atoms. The van der Waals surface area contributed by atoms with Crippen LogP contribution in [0.3, 0.4) is 0 Å². The number of hydrogen-bond acceptors (Lipinski definition) is 3. The van der Waals surface area contributed by atoms with Crippen molar-refractivity contribution in [3.05, 3.63) is 53.8 Å². The van der Waals surface area contributed by atoms with E-state index in [1.54, 1.807) is 19.2 Å². The molecule has 3 rings (SSSR count). The second-order valence-electron chi connectivity index (χ2n) is 5.94. The molecule has 0 aromatic heterocycles. The van der Waals surface area contributed by atoms with Gasteiger partial charge < -0.3 is 15.4 Å². The third kappa shape index (κ3) is 4.71. The van der Waals surface area contributed by atoms with E-state index >= 15 is 0 Å². The van der Waals surface area contributed by atoms with Crippen molar-refractivity contribution < 1.29 is 13.9 Å². The van der Waals surface area contributed by atoms with Crippen molar-refractivity contribution in [3.8, 4) is 16.9 Å². The number of rotatable bonds is 4. The van der Waals surface area contributed by atoms with Gasteiger partial charge in [-0.25, -0.2) is 4.39 Å². The lowest BCUT2D eigenvalue weighted by Crippen LogP contribution is -2.45. The fraction of sp³-hybridized carbons (Fsp3) is 0.316. The lowest BCUT2D eigenvalue weighted by molar-refractivity contribution is 0.0926. The Kier molecular flexibility index (Phi) is 6.79. The van der Waals surface area contributed by atoms with Crippen molar-refractivity contribution in [1.29, 1.82) is 0 Å². The summed E-state index contributed by atoms with van der Waals surface area (Å²) in [5.74, 6) is -0.122. The molecule has 0 saturated carbocycles. The summed E-state index contributed by atoms with van der Waals surface area (Å²) in [6.07, 6.45) is 1.94. The van der Waals surface area contributed by atoms with Crippen LogP contribution in [-0.4, -0.2) is 32.1 Å². The average Bonchev–Trinajstić information content (AvgIpc) is 2.62. The zero-order chi connectivity index (χ0) is 16.9. The number of carbonyl (C=O) groups excluding carboxylic acids is 1. The standard InChI is InChI=1S/C19H21FN2O2.ClH/c1-24-16-7-4-13(5-8-16)14-6-9-17(18(20)11-14)19(23)22-15-3-2-10-21-12-15;/h4-9,11,15,21H,2-3,10,12H2,1H3,(H,22,23);1H/t15-;/m0./s1. The van der Waals surface area contributed by atoms with E-state index in [1.807, 2.05) is 24.3 Å². The number of ether oxygens (including phenoxy) is 1. The van der Waals surface area contributed by atoms with Crippen LogP contribution in [0.5, 0.6) is 5.75 Å². The maximum atomic E-state index is 14.4. The molecule has 0 spiro atoms. The number of amides is 1. The largest absolute Gasteiger partial charge is 0.497 e. The molecule has 1 fully saturated rings. The van der Waals surface area contributed by atoms with Crippen molar-refractivity contribution in [3.63, 3.8) is 0 Å². The van der Waals surface area contributed by atoms with Gasteiger partial charge in [-0.05, 0) is 54.8 Å². The summed E-state index contributed by atoms with van der Waals surface area (Å²) in [4.78, 5) is 12.3. The summed E-state index contributed by atoms with van der Waals surface area (Å²) in [7, 11) is 1.60. The second kappa shape index (κ2) is 8.83. The zero-order valence-electron chi connectivity index (χ0n) is 14.0.